The van der Waals surface area contributed by atoms with Crippen molar-refractivity contribution in [3.8, 4) is 0 Å². The second-order valence-corrected chi connectivity index (χ2v) is 5.50. The van der Waals surface area contributed by atoms with Crippen LogP contribution in [0.2, 0.25) is 0 Å². The monoisotopic (exact) mass is 284 g/mol. The normalized spacial score (nSPS) is 10.8. The Bertz CT molecular complexity index is 377. The molecule has 0 atom stereocenters. The molecular weight excluding hydrogens is 260 g/mol. The van der Waals surface area contributed by atoms with Gasteiger partial charge in [-0.15, -0.1) is 6.58 Å². The minimum Gasteiger partial charge on any atom is -0.481 e. The van der Waals surface area contributed by atoms with Crippen LogP contribution in [0, 0.1) is 5.41 Å². The van der Waals surface area contributed by atoms with Crippen LogP contribution in [0.5, 0.6) is 0 Å². The fourth-order valence-electron chi connectivity index (χ4n) is 1.85. The van der Waals surface area contributed by atoms with Gasteiger partial charge in [0.2, 0.25) is 5.91 Å². The third-order valence-corrected chi connectivity index (χ3v) is 2.65. The molecule has 6 heteroatoms. The summed E-state index contributed by atoms with van der Waals surface area (Å²) in [5, 5.41) is 11.0. The maximum Gasteiger partial charge on any atom is 0.324 e. The topological polar surface area (TPSA) is 86.7 Å². The molecule has 0 unspecified atom stereocenters. The van der Waals surface area contributed by atoms with E-state index in [0.29, 0.717) is 13.1 Å². The fourth-order valence-corrected chi connectivity index (χ4v) is 1.85. The van der Waals surface area contributed by atoms with Crippen molar-refractivity contribution in [2.24, 2.45) is 5.41 Å². The van der Waals surface area contributed by atoms with Crippen LogP contribution in [-0.2, 0) is 9.59 Å². The van der Waals surface area contributed by atoms with Crippen molar-refractivity contribution < 1.29 is 19.5 Å². The van der Waals surface area contributed by atoms with Crippen LogP contribution in [0.4, 0.5) is 4.79 Å². The lowest BCUT2D eigenvalue weighted by Crippen LogP contribution is -2.44. The third kappa shape index (κ3) is 7.56. The second kappa shape index (κ2) is 8.35. The van der Waals surface area contributed by atoms with E-state index in [-0.39, 0.29) is 12.8 Å². The van der Waals surface area contributed by atoms with Crippen molar-refractivity contribution in [2.75, 3.05) is 13.1 Å². The van der Waals surface area contributed by atoms with E-state index in [1.54, 1.807) is 19.9 Å². The molecule has 2 N–H and O–H groups in total. The Morgan fingerprint density at radius 3 is 2.35 bits per heavy atom. The molecule has 114 valence electrons. The van der Waals surface area contributed by atoms with Gasteiger partial charge in [0.05, 0.1) is 6.42 Å². The number of carbonyl (C=O) groups excluding carboxylic acids is 2. The molecule has 0 saturated carbocycles. The fraction of sp³-hybridized carbons (Fsp3) is 0.643. The average molecular weight is 284 g/mol. The highest BCUT2D eigenvalue weighted by molar-refractivity contribution is 5.94. The summed E-state index contributed by atoms with van der Waals surface area (Å²) in [6.07, 6.45) is 2.23. The third-order valence-electron chi connectivity index (χ3n) is 2.65. The van der Waals surface area contributed by atoms with E-state index in [4.69, 9.17) is 5.11 Å². The van der Waals surface area contributed by atoms with Crippen molar-refractivity contribution in [1.29, 1.82) is 0 Å². The number of carboxylic acid groups (broad SMARTS) is 1. The van der Waals surface area contributed by atoms with Crippen LogP contribution in [0.15, 0.2) is 12.7 Å². The number of imide groups is 1. The van der Waals surface area contributed by atoms with Crippen LogP contribution < -0.4 is 5.32 Å². The van der Waals surface area contributed by atoms with Gasteiger partial charge in [0, 0.05) is 19.5 Å². The van der Waals surface area contributed by atoms with Crippen LogP contribution in [0.1, 0.15) is 40.0 Å². The lowest BCUT2D eigenvalue weighted by atomic mass is 9.85. The van der Waals surface area contributed by atoms with Gasteiger partial charge < -0.3 is 10.0 Å². The zero-order valence-corrected chi connectivity index (χ0v) is 12.4. The van der Waals surface area contributed by atoms with Crippen molar-refractivity contribution >= 4 is 17.9 Å². The summed E-state index contributed by atoms with van der Waals surface area (Å²) < 4.78 is 0. The van der Waals surface area contributed by atoms with Crippen LogP contribution in [-0.4, -0.2) is 41.0 Å². The Morgan fingerprint density at radius 2 is 1.90 bits per heavy atom. The van der Waals surface area contributed by atoms with Gasteiger partial charge >= 0.3 is 12.0 Å². The molecule has 0 aromatic carbocycles. The number of hydrogen-bond acceptors (Lipinski definition) is 3. The van der Waals surface area contributed by atoms with E-state index in [9.17, 15) is 14.4 Å². The van der Waals surface area contributed by atoms with Gasteiger partial charge in [-0.25, -0.2) is 4.79 Å². The number of rotatable bonds is 8. The van der Waals surface area contributed by atoms with E-state index in [2.05, 4.69) is 11.9 Å². The predicted octanol–water partition coefficient (Wildman–Crippen LogP) is 2.01. The molecule has 0 fully saturated rings. The molecule has 0 aliphatic heterocycles. The molecule has 0 aliphatic rings. The first-order chi connectivity index (χ1) is 9.21. The number of carbonyl (C=O) groups is 3. The van der Waals surface area contributed by atoms with Gasteiger partial charge in [-0.3, -0.25) is 14.9 Å². The SMILES string of the molecule is C=CCN(CCC)C(=O)NC(=O)CC(C)(C)CC(=O)O. The summed E-state index contributed by atoms with van der Waals surface area (Å²) in [5.74, 6) is -1.43. The molecule has 0 bridgehead atoms. The largest absolute Gasteiger partial charge is 0.481 e. The van der Waals surface area contributed by atoms with Crippen LogP contribution in [0.25, 0.3) is 0 Å². The van der Waals surface area contributed by atoms with Crippen molar-refractivity contribution in [1.82, 2.24) is 10.2 Å². The molecule has 0 aromatic rings. The molecule has 20 heavy (non-hydrogen) atoms. The van der Waals surface area contributed by atoms with Crippen molar-refractivity contribution in [2.45, 2.75) is 40.0 Å². The van der Waals surface area contributed by atoms with Gasteiger partial charge in [0.1, 0.15) is 0 Å². The van der Waals surface area contributed by atoms with Gasteiger partial charge in [0.25, 0.3) is 0 Å². The highest BCUT2D eigenvalue weighted by Crippen LogP contribution is 2.24. The maximum atomic E-state index is 11.9. The lowest BCUT2D eigenvalue weighted by Gasteiger charge is -2.24. The van der Waals surface area contributed by atoms with E-state index in [1.807, 2.05) is 6.92 Å². The molecule has 0 aliphatic carbocycles. The highest BCUT2D eigenvalue weighted by Gasteiger charge is 2.26. The number of aliphatic carboxylic acids is 1. The molecule has 0 spiro atoms. The molecule has 0 heterocycles. The summed E-state index contributed by atoms with van der Waals surface area (Å²) in [6, 6.07) is -0.470. The molecular formula is C14H24N2O4. The summed E-state index contributed by atoms with van der Waals surface area (Å²) in [6.45, 7) is 9.75. The first kappa shape index (κ1) is 18.1. The number of hydrogen-bond donors (Lipinski definition) is 2. The smallest absolute Gasteiger partial charge is 0.324 e. The van der Waals surface area contributed by atoms with Gasteiger partial charge in [0.15, 0.2) is 0 Å². The average Bonchev–Trinajstić information content (AvgIpc) is 2.25. The Balaban J connectivity index is 4.47. The molecule has 0 aromatic heterocycles. The van der Waals surface area contributed by atoms with E-state index >= 15 is 0 Å². The standard InChI is InChI=1S/C14H24N2O4/c1-5-7-16(8-6-2)13(20)15-11(17)9-14(3,4)10-12(18)19/h5H,1,6-10H2,2-4H3,(H,18,19)(H,15,17,20). The van der Waals surface area contributed by atoms with E-state index in [1.165, 1.54) is 4.90 Å². The molecule has 0 radical (unpaired) electrons. The minimum atomic E-state index is -0.964. The van der Waals surface area contributed by atoms with Gasteiger partial charge in [-0.05, 0) is 11.8 Å². The van der Waals surface area contributed by atoms with Crippen LogP contribution >= 0.6 is 0 Å². The van der Waals surface area contributed by atoms with E-state index < -0.39 is 23.3 Å². The Kier molecular flexibility index (Phi) is 7.57. The maximum absolute atomic E-state index is 11.9. The number of urea groups is 1. The molecule has 0 rings (SSSR count). The highest BCUT2D eigenvalue weighted by atomic mass is 16.4. The number of nitrogens with one attached hydrogen (secondary N) is 1. The Morgan fingerprint density at radius 1 is 1.30 bits per heavy atom. The second-order valence-electron chi connectivity index (χ2n) is 5.50. The summed E-state index contributed by atoms with van der Waals surface area (Å²) in [5.41, 5.74) is -0.690. The van der Waals surface area contributed by atoms with Gasteiger partial charge in [-0.2, -0.15) is 0 Å². The minimum absolute atomic E-state index is 0.0148. The Hall–Kier alpha value is -1.85. The van der Waals surface area contributed by atoms with E-state index in [0.717, 1.165) is 6.42 Å². The lowest BCUT2D eigenvalue weighted by molar-refractivity contribution is -0.139. The molecule has 3 amide bonds. The quantitative estimate of drug-likeness (QED) is 0.667. The van der Waals surface area contributed by atoms with Gasteiger partial charge in [-0.1, -0.05) is 26.8 Å². The number of carboxylic acids is 1. The van der Waals surface area contributed by atoms with Crippen LogP contribution in [0.3, 0.4) is 0 Å². The number of nitrogens with zero attached hydrogens (tertiary/aromatic N) is 1. The van der Waals surface area contributed by atoms with Crippen molar-refractivity contribution in [3.63, 3.8) is 0 Å². The predicted molar refractivity (Wildman–Crippen MR) is 76.3 cm³/mol. The summed E-state index contributed by atoms with van der Waals surface area (Å²) >= 11 is 0. The molecule has 6 nitrogen and oxygen atoms in total. The number of amides is 3. The summed E-state index contributed by atoms with van der Waals surface area (Å²) in [7, 11) is 0. The zero-order chi connectivity index (χ0) is 15.8. The first-order valence-corrected chi connectivity index (χ1v) is 6.63. The zero-order valence-electron chi connectivity index (χ0n) is 12.4. The summed E-state index contributed by atoms with van der Waals surface area (Å²) in [4.78, 5) is 35.8. The van der Waals surface area contributed by atoms with Crippen molar-refractivity contribution in [3.05, 3.63) is 12.7 Å². The Labute approximate surface area is 119 Å². The first-order valence-electron chi connectivity index (χ1n) is 6.63. The molecule has 0 saturated heterocycles.